The third-order valence-electron chi connectivity index (χ3n) is 4.35. The van der Waals surface area contributed by atoms with Crippen LogP contribution in [0.25, 0.3) is 16.7 Å². The first-order chi connectivity index (χ1) is 14.7. The van der Waals surface area contributed by atoms with Gasteiger partial charge in [0.15, 0.2) is 0 Å². The third-order valence-corrected chi connectivity index (χ3v) is 4.87. The molecular formula is C18H11BrN6O6. The lowest BCUT2D eigenvalue weighted by molar-refractivity contribution is -0.383. The van der Waals surface area contributed by atoms with Crippen molar-refractivity contribution in [1.82, 2.24) is 19.5 Å². The molecule has 2 aromatic carbocycles. The Bertz CT molecular complexity index is 1540. The minimum Gasteiger partial charge on any atom is -0.493 e. The van der Waals surface area contributed by atoms with Crippen molar-refractivity contribution in [1.29, 1.82) is 0 Å². The summed E-state index contributed by atoms with van der Waals surface area (Å²) in [7, 11) is 0. The van der Waals surface area contributed by atoms with Crippen LogP contribution in [-0.4, -0.2) is 35.8 Å². The molecule has 4 aromatic rings. The number of hydrogen-bond acceptors (Lipinski definition) is 7. The minimum absolute atomic E-state index is 0.173. The number of H-pyrrole nitrogens is 3. The lowest BCUT2D eigenvalue weighted by atomic mass is 10.2. The number of hydrogen-bond donors (Lipinski definition) is 4. The average Bonchev–Trinajstić information content (AvgIpc) is 3.07. The molecule has 0 aliphatic heterocycles. The lowest BCUT2D eigenvalue weighted by Crippen LogP contribution is -2.31. The maximum Gasteiger partial charge on any atom is 0.335 e. The fourth-order valence-electron chi connectivity index (χ4n) is 2.93. The molecule has 0 fully saturated rings. The van der Waals surface area contributed by atoms with Gasteiger partial charge in [-0.25, -0.2) is 19.1 Å². The molecule has 0 spiro atoms. The van der Waals surface area contributed by atoms with E-state index in [4.69, 9.17) is 0 Å². The summed E-state index contributed by atoms with van der Waals surface area (Å²) in [4.78, 5) is 57.5. The van der Waals surface area contributed by atoms with E-state index in [0.717, 1.165) is 21.3 Å². The van der Waals surface area contributed by atoms with Crippen molar-refractivity contribution in [2.75, 3.05) is 0 Å². The molecular weight excluding hydrogens is 476 g/mol. The van der Waals surface area contributed by atoms with Crippen molar-refractivity contribution in [3.63, 3.8) is 0 Å². The van der Waals surface area contributed by atoms with E-state index in [1.54, 1.807) is 12.1 Å². The van der Waals surface area contributed by atoms with Gasteiger partial charge in [-0.1, -0.05) is 15.9 Å². The molecule has 0 aliphatic rings. The first-order valence-corrected chi connectivity index (χ1v) is 9.32. The predicted octanol–water partition coefficient (Wildman–Crippen LogP) is 1.82. The number of benzene rings is 2. The Morgan fingerprint density at radius 3 is 2.35 bits per heavy atom. The van der Waals surface area contributed by atoms with Gasteiger partial charge in [0.1, 0.15) is 11.3 Å². The van der Waals surface area contributed by atoms with Gasteiger partial charge in [-0.05, 0) is 30.3 Å². The minimum atomic E-state index is -0.932. The number of aromatic nitrogens is 4. The first kappa shape index (κ1) is 20.0. The molecule has 0 amide bonds. The number of nitrogens with zero attached hydrogens (tertiary/aromatic N) is 3. The Hall–Kier alpha value is -4.26. The summed E-state index contributed by atoms with van der Waals surface area (Å²) in [6, 6.07) is 8.70. The summed E-state index contributed by atoms with van der Waals surface area (Å²) in [5.74, 6) is -0.696. The number of halogens is 1. The Morgan fingerprint density at radius 1 is 1.06 bits per heavy atom. The molecule has 4 N–H and O–H groups in total. The van der Waals surface area contributed by atoms with Gasteiger partial charge in [0, 0.05) is 16.8 Å². The van der Waals surface area contributed by atoms with Crippen LogP contribution in [0.3, 0.4) is 0 Å². The molecule has 0 atom stereocenters. The largest absolute Gasteiger partial charge is 0.493 e. The zero-order valence-electron chi connectivity index (χ0n) is 15.2. The van der Waals surface area contributed by atoms with Crippen LogP contribution < -0.4 is 16.9 Å². The Balaban J connectivity index is 1.87. The van der Waals surface area contributed by atoms with Crippen molar-refractivity contribution in [2.45, 2.75) is 0 Å². The van der Waals surface area contributed by atoms with Crippen molar-refractivity contribution in [3.8, 4) is 11.6 Å². The van der Waals surface area contributed by atoms with Gasteiger partial charge in [-0.2, -0.15) is 0 Å². The molecule has 4 rings (SSSR count). The highest BCUT2D eigenvalue weighted by molar-refractivity contribution is 9.10. The summed E-state index contributed by atoms with van der Waals surface area (Å²) in [5, 5.41) is 22.0. The van der Waals surface area contributed by atoms with Crippen LogP contribution in [0.15, 0.2) is 60.2 Å². The molecule has 13 heteroatoms. The number of nitro groups is 1. The van der Waals surface area contributed by atoms with Crippen LogP contribution in [-0.2, 0) is 0 Å². The number of nitro benzene ring substituents is 1. The highest BCUT2D eigenvalue weighted by atomic mass is 79.9. The number of nitrogens with one attached hydrogen (secondary N) is 3. The Kier molecular flexibility index (Phi) is 4.87. The quantitative estimate of drug-likeness (QED) is 0.194. The molecule has 0 bridgehead atoms. The number of aromatic hydroxyl groups is 1. The standard InChI is InChI=1S/C18H11BrN6O6/c19-8-1-3-9(4-2-8)24-16(27)10(15(26)23-18(24)29)7-20-13-5-11-12(22-17(28)21-11)6-14(13)25(30)31/h1-7,27H,(H2,21,22,28)(H,23,26,29). The van der Waals surface area contributed by atoms with Gasteiger partial charge in [0.2, 0.25) is 5.88 Å². The molecule has 0 radical (unpaired) electrons. The van der Waals surface area contributed by atoms with Crippen molar-refractivity contribution >= 4 is 44.6 Å². The lowest BCUT2D eigenvalue weighted by Gasteiger charge is -2.09. The van der Waals surface area contributed by atoms with Crippen LogP contribution in [0.2, 0.25) is 0 Å². The van der Waals surface area contributed by atoms with Gasteiger partial charge in [-0.15, -0.1) is 0 Å². The van der Waals surface area contributed by atoms with E-state index in [0.29, 0.717) is 0 Å². The molecule has 2 heterocycles. The fourth-order valence-corrected chi connectivity index (χ4v) is 3.19. The molecule has 156 valence electrons. The summed E-state index contributed by atoms with van der Waals surface area (Å²) in [6.07, 6.45) is 0.905. The first-order valence-electron chi connectivity index (χ1n) is 8.53. The number of aliphatic imine (C=N–C) groups is 1. The van der Waals surface area contributed by atoms with E-state index in [2.05, 4.69) is 35.9 Å². The molecule has 0 saturated carbocycles. The van der Waals surface area contributed by atoms with Gasteiger partial charge in [0.25, 0.3) is 11.2 Å². The Labute approximate surface area is 178 Å². The highest BCUT2D eigenvalue weighted by Gasteiger charge is 2.18. The maximum absolute atomic E-state index is 12.2. The SMILES string of the molecule is O=c1[nH]c2cc(N=Cc3c(O)n(-c4ccc(Br)cc4)c(=O)[nH]c3=O)c([N+](=O)[O-])cc2[nH]1. The van der Waals surface area contributed by atoms with E-state index in [9.17, 15) is 29.6 Å². The van der Waals surface area contributed by atoms with Gasteiger partial charge in [-0.3, -0.25) is 19.9 Å². The smallest absolute Gasteiger partial charge is 0.335 e. The predicted molar refractivity (Wildman–Crippen MR) is 115 cm³/mol. The van der Waals surface area contributed by atoms with Crippen LogP contribution in [0, 0.1) is 10.1 Å². The summed E-state index contributed by atoms with van der Waals surface area (Å²) in [6.45, 7) is 0. The second kappa shape index (κ2) is 7.53. The summed E-state index contributed by atoms with van der Waals surface area (Å²) < 4.78 is 1.59. The van der Waals surface area contributed by atoms with E-state index in [1.165, 1.54) is 18.2 Å². The molecule has 0 aliphatic carbocycles. The molecule has 0 unspecified atom stereocenters. The number of rotatable bonds is 4. The molecule has 0 saturated heterocycles. The van der Waals surface area contributed by atoms with Crippen LogP contribution in [0.4, 0.5) is 11.4 Å². The highest BCUT2D eigenvalue weighted by Crippen LogP contribution is 2.31. The summed E-state index contributed by atoms with van der Waals surface area (Å²) >= 11 is 3.26. The molecule has 31 heavy (non-hydrogen) atoms. The van der Waals surface area contributed by atoms with E-state index < -0.39 is 33.4 Å². The number of aromatic amines is 3. The van der Waals surface area contributed by atoms with Crippen LogP contribution >= 0.6 is 15.9 Å². The van der Waals surface area contributed by atoms with Crippen molar-refractivity contribution < 1.29 is 10.0 Å². The van der Waals surface area contributed by atoms with Crippen molar-refractivity contribution in [3.05, 3.63) is 87.9 Å². The second-order valence-corrected chi connectivity index (χ2v) is 7.21. The van der Waals surface area contributed by atoms with Gasteiger partial charge in [0.05, 0.1) is 21.6 Å². The summed E-state index contributed by atoms with van der Waals surface area (Å²) in [5.41, 5.74) is -2.61. The molecule has 2 aromatic heterocycles. The average molecular weight is 487 g/mol. The monoisotopic (exact) mass is 486 g/mol. The Morgan fingerprint density at radius 2 is 1.71 bits per heavy atom. The second-order valence-electron chi connectivity index (χ2n) is 6.29. The van der Waals surface area contributed by atoms with Crippen LogP contribution in [0.5, 0.6) is 5.88 Å². The van der Waals surface area contributed by atoms with Crippen LogP contribution in [0.1, 0.15) is 5.56 Å². The zero-order valence-corrected chi connectivity index (χ0v) is 16.8. The normalized spacial score (nSPS) is 11.4. The van der Waals surface area contributed by atoms with E-state index >= 15 is 0 Å². The van der Waals surface area contributed by atoms with Crippen molar-refractivity contribution in [2.24, 2.45) is 4.99 Å². The number of imidazole rings is 1. The topological polar surface area (TPSA) is 179 Å². The fraction of sp³-hybridized carbons (Fsp3) is 0. The zero-order chi connectivity index (χ0) is 22.3. The maximum atomic E-state index is 12.2. The molecule has 12 nitrogen and oxygen atoms in total. The van der Waals surface area contributed by atoms with E-state index in [1.807, 2.05) is 0 Å². The van der Waals surface area contributed by atoms with E-state index in [-0.39, 0.29) is 28.0 Å². The van der Waals surface area contributed by atoms with Gasteiger partial charge >= 0.3 is 11.4 Å². The third kappa shape index (κ3) is 3.69. The van der Waals surface area contributed by atoms with Gasteiger partial charge < -0.3 is 15.1 Å². The number of fused-ring (bicyclic) bond motifs is 1.